The third-order valence-electron chi connectivity index (χ3n) is 7.30. The van der Waals surface area contributed by atoms with Crippen LogP contribution in [0.1, 0.15) is 30.7 Å². The minimum Gasteiger partial charge on any atom is -0.508 e. The summed E-state index contributed by atoms with van der Waals surface area (Å²) in [6.45, 7) is 3.44. The van der Waals surface area contributed by atoms with E-state index in [0.29, 0.717) is 5.69 Å². The van der Waals surface area contributed by atoms with Crippen LogP contribution >= 0.6 is 0 Å². The molecule has 13 nitrogen and oxygen atoms in total. The van der Waals surface area contributed by atoms with Gasteiger partial charge in [0.15, 0.2) is 0 Å². The summed E-state index contributed by atoms with van der Waals surface area (Å²) < 4.78 is 0. The number of aromatic amines is 2. The number of H-pyrrole nitrogens is 2. The molecule has 9 N–H and O–H groups in total. The average Bonchev–Trinajstić information content (AvgIpc) is 3.66. The lowest BCUT2D eigenvalue weighted by atomic mass is 10.00. The van der Waals surface area contributed by atoms with Crippen molar-refractivity contribution in [2.24, 2.45) is 11.7 Å². The predicted octanol–water partition coefficient (Wildman–Crippen LogP) is 1.15. The molecule has 0 spiro atoms. The minimum absolute atomic E-state index is 0.0290. The van der Waals surface area contributed by atoms with E-state index in [0.717, 1.165) is 22.0 Å². The average molecular weight is 604 g/mol. The first-order chi connectivity index (χ1) is 21.0. The van der Waals surface area contributed by atoms with Crippen molar-refractivity contribution in [3.63, 3.8) is 0 Å². The zero-order valence-corrected chi connectivity index (χ0v) is 24.4. The number of aromatic nitrogens is 3. The Kier molecular flexibility index (Phi) is 10.3. The normalized spacial score (nSPS) is 14.0. The highest BCUT2D eigenvalue weighted by Crippen LogP contribution is 2.19. The van der Waals surface area contributed by atoms with Gasteiger partial charge in [0.1, 0.15) is 23.9 Å². The van der Waals surface area contributed by atoms with Gasteiger partial charge in [0, 0.05) is 41.8 Å². The Morgan fingerprint density at radius 1 is 0.864 bits per heavy atom. The number of nitrogens with zero attached hydrogens (tertiary/aromatic N) is 1. The van der Waals surface area contributed by atoms with E-state index in [1.54, 1.807) is 32.2 Å². The van der Waals surface area contributed by atoms with Crippen LogP contribution in [0.5, 0.6) is 5.75 Å². The fourth-order valence-corrected chi connectivity index (χ4v) is 4.85. The summed E-state index contributed by atoms with van der Waals surface area (Å²) in [6, 6.07) is 9.24. The molecule has 4 rings (SSSR count). The lowest BCUT2D eigenvalue weighted by Gasteiger charge is -2.27. The first-order valence-corrected chi connectivity index (χ1v) is 14.2. The lowest BCUT2D eigenvalue weighted by Crippen LogP contribution is -2.59. The van der Waals surface area contributed by atoms with E-state index in [9.17, 15) is 29.4 Å². The Hall–Kier alpha value is -5.17. The molecule has 13 heteroatoms. The third kappa shape index (κ3) is 8.22. The third-order valence-corrected chi connectivity index (χ3v) is 7.30. The number of phenolic OH excluding ortho intramolecular Hbond substituents is 1. The number of para-hydroxylation sites is 1. The van der Waals surface area contributed by atoms with Crippen molar-refractivity contribution in [3.05, 3.63) is 84.1 Å². The van der Waals surface area contributed by atoms with Gasteiger partial charge in [0.2, 0.25) is 17.7 Å². The number of nitrogens with two attached hydrogens (primary N) is 1. The molecule has 0 aliphatic carbocycles. The van der Waals surface area contributed by atoms with Crippen LogP contribution in [0.3, 0.4) is 0 Å². The van der Waals surface area contributed by atoms with Crippen molar-refractivity contribution in [1.82, 2.24) is 30.9 Å². The van der Waals surface area contributed by atoms with Crippen LogP contribution in [0.15, 0.2) is 67.3 Å². The smallest absolute Gasteiger partial charge is 0.326 e. The van der Waals surface area contributed by atoms with Crippen LogP contribution in [-0.2, 0) is 38.4 Å². The first kappa shape index (κ1) is 31.8. The number of aliphatic carboxylic acids is 1. The number of aromatic hydroxyl groups is 1. The highest BCUT2D eigenvalue weighted by Gasteiger charge is 2.32. The van der Waals surface area contributed by atoms with Crippen LogP contribution in [0.2, 0.25) is 0 Å². The van der Waals surface area contributed by atoms with E-state index >= 15 is 0 Å². The number of hydrogen-bond acceptors (Lipinski definition) is 7. The number of benzene rings is 2. The van der Waals surface area contributed by atoms with Crippen molar-refractivity contribution in [2.75, 3.05) is 0 Å². The predicted molar refractivity (Wildman–Crippen MR) is 162 cm³/mol. The maximum Gasteiger partial charge on any atom is 0.326 e. The van der Waals surface area contributed by atoms with E-state index in [1.165, 1.54) is 24.7 Å². The molecule has 3 amide bonds. The van der Waals surface area contributed by atoms with Gasteiger partial charge in [-0.1, -0.05) is 44.2 Å². The number of amides is 3. The quantitative estimate of drug-likeness (QED) is 0.104. The molecule has 0 fully saturated rings. The summed E-state index contributed by atoms with van der Waals surface area (Å²) in [7, 11) is 0. The van der Waals surface area contributed by atoms with E-state index in [-0.39, 0.29) is 25.0 Å². The summed E-state index contributed by atoms with van der Waals surface area (Å²) in [6.07, 6.45) is 4.89. The summed E-state index contributed by atoms with van der Waals surface area (Å²) in [4.78, 5) is 62.1. The zero-order valence-electron chi connectivity index (χ0n) is 24.4. The number of carboxylic acid groups (broad SMARTS) is 1. The largest absolute Gasteiger partial charge is 0.508 e. The monoisotopic (exact) mass is 603 g/mol. The molecule has 0 bridgehead atoms. The van der Waals surface area contributed by atoms with Gasteiger partial charge in [-0.2, -0.15) is 0 Å². The summed E-state index contributed by atoms with van der Waals surface area (Å²) in [5, 5.41) is 28.2. The Morgan fingerprint density at radius 3 is 2.23 bits per heavy atom. The van der Waals surface area contributed by atoms with Crippen molar-refractivity contribution < 1.29 is 29.4 Å². The van der Waals surface area contributed by atoms with Crippen LogP contribution in [0.25, 0.3) is 10.9 Å². The van der Waals surface area contributed by atoms with Crippen LogP contribution in [0.4, 0.5) is 0 Å². The van der Waals surface area contributed by atoms with Gasteiger partial charge in [0.05, 0.1) is 12.4 Å². The molecule has 0 saturated heterocycles. The molecule has 4 aromatic rings. The molecule has 0 saturated carbocycles. The van der Waals surface area contributed by atoms with Gasteiger partial charge < -0.3 is 41.9 Å². The van der Waals surface area contributed by atoms with E-state index in [1.807, 2.05) is 24.3 Å². The Bertz CT molecular complexity index is 1580. The van der Waals surface area contributed by atoms with Crippen LogP contribution in [0, 0.1) is 5.92 Å². The standard InChI is InChI=1S/C31H37N7O6/c1-17(2)27(30(42)37-26(31(43)44)12-19-14-34-24-6-4-3-5-22(19)24)38-29(41)25(13-20-15-33-16-35-20)36-28(40)23(32)11-18-7-9-21(39)10-8-18/h3-10,14-17,23,25-27,34,39H,11-13,32H2,1-2H3,(H,33,35)(H,36,40)(H,37,42)(H,38,41)(H,43,44). The maximum absolute atomic E-state index is 13.5. The fourth-order valence-electron chi connectivity index (χ4n) is 4.85. The van der Waals surface area contributed by atoms with Crippen molar-refractivity contribution >= 4 is 34.6 Å². The highest BCUT2D eigenvalue weighted by atomic mass is 16.4. The van der Waals surface area contributed by atoms with Gasteiger partial charge in [0.25, 0.3) is 0 Å². The van der Waals surface area contributed by atoms with Crippen molar-refractivity contribution in [2.45, 2.75) is 57.3 Å². The minimum atomic E-state index is -1.25. The second-order valence-corrected chi connectivity index (χ2v) is 11.0. The molecule has 232 valence electrons. The van der Waals surface area contributed by atoms with E-state index in [2.05, 4.69) is 30.9 Å². The van der Waals surface area contributed by atoms with Crippen LogP contribution < -0.4 is 21.7 Å². The number of carboxylic acids is 1. The number of fused-ring (bicyclic) bond motifs is 1. The van der Waals surface area contributed by atoms with Crippen LogP contribution in [-0.4, -0.2) is 73.0 Å². The second kappa shape index (κ2) is 14.3. The second-order valence-electron chi connectivity index (χ2n) is 11.0. The number of rotatable bonds is 14. The van der Waals surface area contributed by atoms with Gasteiger partial charge >= 0.3 is 5.97 Å². The molecule has 2 aromatic carbocycles. The molecule has 4 atom stereocenters. The number of carbonyl (C=O) groups excluding carboxylic acids is 3. The van der Waals surface area contributed by atoms with Gasteiger partial charge in [-0.05, 0) is 41.7 Å². The zero-order chi connectivity index (χ0) is 31.8. The molecule has 4 unspecified atom stereocenters. The molecule has 0 radical (unpaired) electrons. The van der Waals surface area contributed by atoms with Gasteiger partial charge in [-0.3, -0.25) is 14.4 Å². The number of nitrogens with one attached hydrogen (secondary N) is 5. The summed E-state index contributed by atoms with van der Waals surface area (Å²) in [5.74, 6) is -3.46. The number of imidazole rings is 1. The molecular formula is C31H37N7O6. The van der Waals surface area contributed by atoms with Gasteiger partial charge in [-0.25, -0.2) is 9.78 Å². The molecular weight excluding hydrogens is 566 g/mol. The molecule has 2 aromatic heterocycles. The number of hydrogen-bond donors (Lipinski definition) is 8. The van der Waals surface area contributed by atoms with Gasteiger partial charge in [-0.15, -0.1) is 0 Å². The Balaban J connectivity index is 1.45. The molecule has 0 aliphatic heterocycles. The van der Waals surface area contributed by atoms with E-state index in [4.69, 9.17) is 5.73 Å². The van der Waals surface area contributed by atoms with Crippen molar-refractivity contribution in [1.29, 1.82) is 0 Å². The number of phenols is 1. The number of carbonyl (C=O) groups is 4. The highest BCUT2D eigenvalue weighted by molar-refractivity contribution is 5.94. The lowest BCUT2D eigenvalue weighted by molar-refractivity contribution is -0.142. The maximum atomic E-state index is 13.5. The SMILES string of the molecule is CC(C)C(NC(=O)C(Cc1cnc[nH]1)NC(=O)C(N)Cc1ccc(O)cc1)C(=O)NC(Cc1c[nH]c2ccccc12)C(=O)O. The Morgan fingerprint density at radius 2 is 1.57 bits per heavy atom. The summed E-state index contributed by atoms with van der Waals surface area (Å²) in [5.41, 5.74) is 8.99. The molecule has 0 aliphatic rings. The molecule has 2 heterocycles. The topological polar surface area (TPSA) is 215 Å². The summed E-state index contributed by atoms with van der Waals surface area (Å²) >= 11 is 0. The van der Waals surface area contributed by atoms with Crippen molar-refractivity contribution in [3.8, 4) is 5.75 Å². The van der Waals surface area contributed by atoms with E-state index < -0.39 is 53.8 Å². The fraction of sp³-hybridized carbons (Fsp3) is 0.323. The molecule has 44 heavy (non-hydrogen) atoms. The first-order valence-electron chi connectivity index (χ1n) is 14.2. The Labute approximate surface area is 253 Å².